The van der Waals surface area contributed by atoms with Gasteiger partial charge in [0.15, 0.2) is 0 Å². The third-order valence-electron chi connectivity index (χ3n) is 6.29. The smallest absolute Gasteiger partial charge is 0.305 e. The highest BCUT2D eigenvalue weighted by molar-refractivity contribution is 6.11. The van der Waals surface area contributed by atoms with E-state index in [4.69, 9.17) is 10.2 Å². The van der Waals surface area contributed by atoms with Crippen molar-refractivity contribution in [3.05, 3.63) is 12.2 Å². The molecule has 4 amide bonds. The number of rotatable bonds is 6. The van der Waals surface area contributed by atoms with Gasteiger partial charge in [-0.25, -0.2) is 0 Å². The number of hydrogen-bond donors (Lipinski definition) is 2. The molecule has 2 N–H and O–H groups in total. The third-order valence-corrected chi connectivity index (χ3v) is 6.29. The van der Waals surface area contributed by atoms with Gasteiger partial charge in [0.1, 0.15) is 0 Å². The van der Waals surface area contributed by atoms with Crippen LogP contribution in [0.5, 0.6) is 0 Å². The van der Waals surface area contributed by atoms with Crippen molar-refractivity contribution in [3.63, 3.8) is 0 Å². The predicted molar refractivity (Wildman–Crippen MR) is 88.0 cm³/mol. The van der Waals surface area contributed by atoms with Gasteiger partial charge in [-0.3, -0.25) is 38.6 Å². The Bertz CT molecular complexity index is 737. The summed E-state index contributed by atoms with van der Waals surface area (Å²) in [7, 11) is 0. The van der Waals surface area contributed by atoms with Crippen LogP contribution in [0.25, 0.3) is 0 Å². The Balaban J connectivity index is 1.63. The largest absolute Gasteiger partial charge is 0.481 e. The first-order valence-corrected chi connectivity index (χ1v) is 9.06. The first kappa shape index (κ1) is 18.3. The normalized spacial score (nSPS) is 35.6. The Morgan fingerprint density at radius 1 is 0.679 bits per heavy atom. The molecule has 3 aliphatic carbocycles. The van der Waals surface area contributed by atoms with E-state index in [1.807, 2.05) is 0 Å². The minimum Gasteiger partial charge on any atom is -0.481 e. The van der Waals surface area contributed by atoms with Crippen LogP contribution in [-0.4, -0.2) is 68.7 Å². The van der Waals surface area contributed by atoms with E-state index in [2.05, 4.69) is 0 Å². The van der Waals surface area contributed by atoms with Gasteiger partial charge in [0.2, 0.25) is 23.6 Å². The molecule has 0 unspecified atom stereocenters. The highest BCUT2D eigenvalue weighted by Gasteiger charge is 2.68. The molecule has 10 heteroatoms. The number of imide groups is 2. The molecule has 10 nitrogen and oxygen atoms in total. The SMILES string of the molecule is O=C(O)CCN1C(=O)[C@@H]2C3C=CC([C@@H]2C1=O)[C@@H]1C(=O)N(CCC(=O)O)C(=O)[C@H]31. The quantitative estimate of drug-likeness (QED) is 0.431. The summed E-state index contributed by atoms with van der Waals surface area (Å²) in [6.07, 6.45) is 2.66. The summed E-state index contributed by atoms with van der Waals surface area (Å²) in [4.78, 5) is 74.8. The number of carboxylic acid groups (broad SMARTS) is 2. The van der Waals surface area contributed by atoms with Crippen LogP contribution in [0.3, 0.4) is 0 Å². The van der Waals surface area contributed by atoms with Crippen LogP contribution in [0.1, 0.15) is 12.8 Å². The number of hydrogen-bond acceptors (Lipinski definition) is 6. The highest BCUT2D eigenvalue weighted by atomic mass is 16.4. The standard InChI is InChI=1S/C18H18N2O8/c21-9(22)3-5-19-15(25)11-7-1-2-8(13(11)17(19)27)14-12(7)16(26)20(18(14)28)6-4-10(23)24/h1-2,7-8,11-14H,3-6H2,(H,21,22)(H,23,24)/t7?,8?,11-,12-,13+,14+. The second kappa shape index (κ2) is 6.25. The fourth-order valence-electron chi connectivity index (χ4n) is 5.21. The van der Waals surface area contributed by atoms with E-state index in [0.29, 0.717) is 0 Å². The molecule has 2 saturated heterocycles. The maximum atomic E-state index is 12.8. The van der Waals surface area contributed by atoms with Gasteiger partial charge in [-0.1, -0.05) is 12.2 Å². The monoisotopic (exact) mass is 390 g/mol. The summed E-state index contributed by atoms with van der Waals surface area (Å²) in [5.74, 6) is -8.66. The number of amides is 4. The van der Waals surface area contributed by atoms with E-state index in [0.717, 1.165) is 9.80 Å². The van der Waals surface area contributed by atoms with Crippen molar-refractivity contribution in [2.24, 2.45) is 35.5 Å². The van der Waals surface area contributed by atoms with Crippen molar-refractivity contribution in [2.45, 2.75) is 12.8 Å². The van der Waals surface area contributed by atoms with Crippen LogP contribution in [-0.2, 0) is 28.8 Å². The van der Waals surface area contributed by atoms with Gasteiger partial charge in [-0.05, 0) is 0 Å². The van der Waals surface area contributed by atoms with E-state index in [9.17, 15) is 28.8 Å². The molecular weight excluding hydrogens is 372 g/mol. The van der Waals surface area contributed by atoms with Crippen molar-refractivity contribution in [3.8, 4) is 0 Å². The number of carboxylic acids is 2. The molecule has 148 valence electrons. The van der Waals surface area contributed by atoms with E-state index < -0.39 is 71.1 Å². The van der Waals surface area contributed by atoms with Crippen molar-refractivity contribution < 1.29 is 39.0 Å². The number of carbonyl (C=O) groups excluding carboxylic acids is 4. The summed E-state index contributed by atoms with van der Waals surface area (Å²) >= 11 is 0. The molecule has 2 aliphatic heterocycles. The Hall–Kier alpha value is -3.04. The fourth-order valence-corrected chi connectivity index (χ4v) is 5.21. The van der Waals surface area contributed by atoms with E-state index in [1.54, 1.807) is 12.2 Å². The maximum absolute atomic E-state index is 12.8. The Morgan fingerprint density at radius 2 is 0.964 bits per heavy atom. The van der Waals surface area contributed by atoms with E-state index in [1.165, 1.54) is 0 Å². The molecule has 5 aliphatic rings. The molecule has 4 atom stereocenters. The lowest BCUT2D eigenvalue weighted by Gasteiger charge is -2.44. The van der Waals surface area contributed by atoms with Crippen LogP contribution >= 0.6 is 0 Å². The lowest BCUT2D eigenvalue weighted by atomic mass is 9.54. The maximum Gasteiger partial charge on any atom is 0.305 e. The van der Waals surface area contributed by atoms with Crippen LogP contribution in [0.15, 0.2) is 12.2 Å². The summed E-state index contributed by atoms with van der Waals surface area (Å²) in [5, 5.41) is 17.7. The van der Waals surface area contributed by atoms with Gasteiger partial charge in [0.05, 0.1) is 36.5 Å². The zero-order chi connectivity index (χ0) is 20.3. The minimum atomic E-state index is -1.13. The van der Waals surface area contributed by atoms with Crippen LogP contribution < -0.4 is 0 Å². The van der Waals surface area contributed by atoms with E-state index >= 15 is 0 Å². The molecule has 0 aromatic heterocycles. The second-order valence-electron chi connectivity index (χ2n) is 7.59. The Kier molecular flexibility index (Phi) is 4.09. The molecule has 2 heterocycles. The first-order valence-electron chi connectivity index (χ1n) is 9.06. The molecule has 0 radical (unpaired) electrons. The van der Waals surface area contributed by atoms with Gasteiger partial charge in [0.25, 0.3) is 0 Å². The molecule has 1 saturated carbocycles. The van der Waals surface area contributed by atoms with Crippen LogP contribution in [0.4, 0.5) is 0 Å². The number of aliphatic carboxylic acids is 2. The lowest BCUT2D eigenvalue weighted by molar-refractivity contribution is -0.143. The summed E-state index contributed by atoms with van der Waals surface area (Å²) in [5.41, 5.74) is 0. The van der Waals surface area contributed by atoms with Gasteiger partial charge in [-0.2, -0.15) is 0 Å². The topological polar surface area (TPSA) is 149 Å². The van der Waals surface area contributed by atoms with Crippen molar-refractivity contribution in [1.82, 2.24) is 9.80 Å². The summed E-state index contributed by atoms with van der Waals surface area (Å²) < 4.78 is 0. The number of allylic oxidation sites excluding steroid dienone is 2. The molecular formula is C18H18N2O8. The number of likely N-dealkylation sites (tertiary alicyclic amines) is 2. The molecule has 3 fully saturated rings. The fraction of sp³-hybridized carbons (Fsp3) is 0.556. The van der Waals surface area contributed by atoms with Crippen molar-refractivity contribution in [1.29, 1.82) is 0 Å². The predicted octanol–water partition coefficient (Wildman–Crippen LogP) is -1.05. The number of nitrogens with zero attached hydrogens (tertiary/aromatic N) is 2. The van der Waals surface area contributed by atoms with E-state index in [-0.39, 0.29) is 25.9 Å². The highest BCUT2D eigenvalue weighted by Crippen LogP contribution is 2.57. The summed E-state index contributed by atoms with van der Waals surface area (Å²) in [6, 6.07) is 0. The zero-order valence-corrected chi connectivity index (χ0v) is 14.7. The lowest BCUT2D eigenvalue weighted by Crippen LogP contribution is -2.50. The van der Waals surface area contributed by atoms with Gasteiger partial charge >= 0.3 is 11.9 Å². The Labute approximate surface area is 158 Å². The molecule has 0 spiro atoms. The van der Waals surface area contributed by atoms with Crippen LogP contribution in [0.2, 0.25) is 0 Å². The molecule has 0 aromatic carbocycles. The minimum absolute atomic E-state index is 0.235. The first-order chi connectivity index (χ1) is 13.2. The van der Waals surface area contributed by atoms with Crippen LogP contribution in [0, 0.1) is 35.5 Å². The average Bonchev–Trinajstić information content (AvgIpc) is 3.06. The molecule has 0 aromatic rings. The number of carbonyl (C=O) groups is 6. The molecule has 5 rings (SSSR count). The Morgan fingerprint density at radius 3 is 1.21 bits per heavy atom. The molecule has 28 heavy (non-hydrogen) atoms. The van der Waals surface area contributed by atoms with Gasteiger partial charge in [0, 0.05) is 24.9 Å². The van der Waals surface area contributed by atoms with Gasteiger partial charge < -0.3 is 10.2 Å². The summed E-state index contributed by atoms with van der Waals surface area (Å²) in [6.45, 7) is -0.469. The third kappa shape index (κ3) is 2.40. The van der Waals surface area contributed by atoms with Crippen molar-refractivity contribution >= 4 is 35.6 Å². The second-order valence-corrected chi connectivity index (χ2v) is 7.59. The molecule has 2 bridgehead atoms. The van der Waals surface area contributed by atoms with Gasteiger partial charge in [-0.15, -0.1) is 0 Å². The van der Waals surface area contributed by atoms with Crippen molar-refractivity contribution in [2.75, 3.05) is 13.1 Å². The average molecular weight is 390 g/mol. The zero-order valence-electron chi connectivity index (χ0n) is 14.7.